The number of carbonyl (C=O) groups is 1. The first-order valence-corrected chi connectivity index (χ1v) is 10.5. The summed E-state index contributed by atoms with van der Waals surface area (Å²) in [5.41, 5.74) is 5.30. The minimum Gasteiger partial charge on any atom is -0.497 e. The highest BCUT2D eigenvalue weighted by atomic mass is 35.5. The molecule has 0 radical (unpaired) electrons. The van der Waals surface area contributed by atoms with E-state index in [9.17, 15) is 4.79 Å². The first-order valence-electron chi connectivity index (χ1n) is 10.2. The Labute approximate surface area is 189 Å². The van der Waals surface area contributed by atoms with Gasteiger partial charge in [0.05, 0.1) is 47.4 Å². The Hall–Kier alpha value is -3.71. The lowest BCUT2D eigenvalue weighted by Crippen LogP contribution is -2.31. The van der Waals surface area contributed by atoms with Crippen LogP contribution in [-0.4, -0.2) is 36.6 Å². The van der Waals surface area contributed by atoms with Crippen LogP contribution >= 0.6 is 11.6 Å². The van der Waals surface area contributed by atoms with Crippen molar-refractivity contribution in [1.82, 2.24) is 15.3 Å². The van der Waals surface area contributed by atoms with Gasteiger partial charge in [-0.05, 0) is 36.4 Å². The molecule has 0 atom stereocenters. The van der Waals surface area contributed by atoms with E-state index in [1.54, 1.807) is 26.5 Å². The zero-order valence-electron chi connectivity index (χ0n) is 17.6. The van der Waals surface area contributed by atoms with E-state index in [0.29, 0.717) is 40.7 Å². The molecular formula is C24H21ClN4O3. The molecule has 2 aromatic carbocycles. The second-order valence-electron chi connectivity index (χ2n) is 7.42. The Kier molecular flexibility index (Phi) is 5.11. The topological polar surface area (TPSA) is 88.3 Å². The molecule has 8 heteroatoms. The van der Waals surface area contributed by atoms with Crippen LogP contribution in [0.4, 0.5) is 11.4 Å². The van der Waals surface area contributed by atoms with E-state index in [1.807, 2.05) is 36.4 Å². The number of benzene rings is 2. The van der Waals surface area contributed by atoms with E-state index >= 15 is 0 Å². The number of aromatic amines is 1. The predicted octanol–water partition coefficient (Wildman–Crippen LogP) is 4.93. The van der Waals surface area contributed by atoms with Gasteiger partial charge in [0.15, 0.2) is 5.75 Å². The second kappa shape index (κ2) is 8.09. The molecule has 0 bridgehead atoms. The van der Waals surface area contributed by atoms with Crippen molar-refractivity contribution in [2.45, 2.75) is 6.42 Å². The maximum Gasteiger partial charge on any atom is 0.255 e. The number of amides is 1. The van der Waals surface area contributed by atoms with Crippen molar-refractivity contribution in [3.05, 3.63) is 64.9 Å². The third-order valence-corrected chi connectivity index (χ3v) is 5.91. The fourth-order valence-electron chi connectivity index (χ4n) is 4.13. The number of aromatic nitrogens is 2. The van der Waals surface area contributed by atoms with Crippen molar-refractivity contribution in [2.75, 3.05) is 26.1 Å². The average Bonchev–Trinajstić information content (AvgIpc) is 3.17. The summed E-state index contributed by atoms with van der Waals surface area (Å²) in [6, 6.07) is 13.1. The second-order valence-corrected chi connectivity index (χ2v) is 7.83. The maximum absolute atomic E-state index is 12.9. The predicted molar refractivity (Wildman–Crippen MR) is 125 cm³/mol. The molecule has 0 saturated heterocycles. The number of H-pyrrole nitrogens is 1. The minimum atomic E-state index is -0.131. The molecule has 2 aromatic heterocycles. The average molecular weight is 449 g/mol. The number of ether oxygens (including phenoxy) is 2. The fourth-order valence-corrected chi connectivity index (χ4v) is 4.38. The van der Waals surface area contributed by atoms with Crippen LogP contribution in [-0.2, 0) is 6.42 Å². The Morgan fingerprint density at radius 2 is 2.00 bits per heavy atom. The summed E-state index contributed by atoms with van der Waals surface area (Å²) in [7, 11) is 3.20. The largest absolute Gasteiger partial charge is 0.497 e. The number of fused-ring (bicyclic) bond motifs is 2. The van der Waals surface area contributed by atoms with Gasteiger partial charge in [-0.15, -0.1) is 0 Å². The molecule has 0 unspecified atom stereocenters. The van der Waals surface area contributed by atoms with E-state index < -0.39 is 0 Å². The van der Waals surface area contributed by atoms with Gasteiger partial charge in [0.2, 0.25) is 0 Å². The standard InChI is InChI=1S/C24H21ClN4O3/c1-31-13-6-7-17-15(12-13)14(8-10-26-17)21-22(20-18(28-21)9-11-27-24(20)30)29-19-5-3-4-16(25)23(19)32-2/h3-8,10,12,28-29H,9,11H2,1-2H3,(H,27,30). The number of halogens is 1. The SMILES string of the molecule is COc1ccc2nccc(-c3[nH]c4c(c3Nc3cccc(Cl)c3OC)C(=O)NCC4)c2c1. The van der Waals surface area contributed by atoms with Crippen molar-refractivity contribution in [3.63, 3.8) is 0 Å². The number of hydrogen-bond donors (Lipinski definition) is 3. The number of rotatable bonds is 5. The fraction of sp³-hybridized carbons (Fsp3) is 0.167. The number of anilines is 2. The van der Waals surface area contributed by atoms with Crippen LogP contribution in [0.5, 0.6) is 11.5 Å². The zero-order valence-corrected chi connectivity index (χ0v) is 18.3. The van der Waals surface area contributed by atoms with Gasteiger partial charge in [-0.3, -0.25) is 9.78 Å². The first kappa shape index (κ1) is 20.2. The van der Waals surface area contributed by atoms with Gasteiger partial charge >= 0.3 is 0 Å². The molecule has 3 heterocycles. The van der Waals surface area contributed by atoms with E-state index in [4.69, 9.17) is 21.1 Å². The third-order valence-electron chi connectivity index (χ3n) is 5.61. The number of hydrogen-bond acceptors (Lipinski definition) is 5. The van der Waals surface area contributed by atoms with Gasteiger partial charge < -0.3 is 25.1 Å². The monoisotopic (exact) mass is 448 g/mol. The van der Waals surface area contributed by atoms with Crippen molar-refractivity contribution < 1.29 is 14.3 Å². The lowest BCUT2D eigenvalue weighted by atomic mass is 10.0. The van der Waals surface area contributed by atoms with E-state index in [2.05, 4.69) is 20.6 Å². The maximum atomic E-state index is 12.9. The van der Waals surface area contributed by atoms with Gasteiger partial charge in [-0.2, -0.15) is 0 Å². The van der Waals surface area contributed by atoms with Crippen molar-refractivity contribution in [1.29, 1.82) is 0 Å². The van der Waals surface area contributed by atoms with Crippen LogP contribution in [0.3, 0.4) is 0 Å². The number of nitrogens with zero attached hydrogens (tertiary/aromatic N) is 1. The van der Waals surface area contributed by atoms with E-state index in [0.717, 1.165) is 33.6 Å². The highest BCUT2D eigenvalue weighted by molar-refractivity contribution is 6.32. The van der Waals surface area contributed by atoms with E-state index in [1.165, 1.54) is 0 Å². The normalized spacial score (nSPS) is 12.9. The molecule has 0 spiro atoms. The quantitative estimate of drug-likeness (QED) is 0.403. The van der Waals surface area contributed by atoms with Crippen molar-refractivity contribution >= 4 is 39.8 Å². The molecule has 0 fully saturated rings. The summed E-state index contributed by atoms with van der Waals surface area (Å²) in [6.07, 6.45) is 2.46. The van der Waals surface area contributed by atoms with Crippen LogP contribution in [0.2, 0.25) is 5.02 Å². The molecule has 1 aliphatic rings. The molecule has 162 valence electrons. The third kappa shape index (κ3) is 3.31. The van der Waals surface area contributed by atoms with Crippen LogP contribution in [0.15, 0.2) is 48.7 Å². The lowest BCUT2D eigenvalue weighted by Gasteiger charge is -2.17. The van der Waals surface area contributed by atoms with Crippen LogP contribution in [0.1, 0.15) is 16.1 Å². The molecule has 0 aliphatic carbocycles. The number of nitrogens with one attached hydrogen (secondary N) is 3. The molecule has 32 heavy (non-hydrogen) atoms. The van der Waals surface area contributed by atoms with Crippen molar-refractivity contribution in [2.24, 2.45) is 0 Å². The van der Waals surface area contributed by atoms with Crippen LogP contribution in [0.25, 0.3) is 22.2 Å². The zero-order chi connectivity index (χ0) is 22.2. The summed E-state index contributed by atoms with van der Waals surface area (Å²) in [5, 5.41) is 7.73. The summed E-state index contributed by atoms with van der Waals surface area (Å²) < 4.78 is 10.9. The van der Waals surface area contributed by atoms with Gasteiger partial charge in [-0.1, -0.05) is 17.7 Å². The van der Waals surface area contributed by atoms with E-state index in [-0.39, 0.29) is 5.91 Å². The minimum absolute atomic E-state index is 0.131. The molecule has 0 saturated carbocycles. The summed E-state index contributed by atoms with van der Waals surface area (Å²) in [5.74, 6) is 1.10. The van der Waals surface area contributed by atoms with Crippen LogP contribution in [0, 0.1) is 0 Å². The molecule has 1 amide bonds. The Morgan fingerprint density at radius 3 is 2.81 bits per heavy atom. The molecular weight excluding hydrogens is 428 g/mol. The van der Waals surface area contributed by atoms with Gasteiger partial charge in [-0.25, -0.2) is 0 Å². The smallest absolute Gasteiger partial charge is 0.255 e. The summed E-state index contributed by atoms with van der Waals surface area (Å²) in [6.45, 7) is 0.580. The lowest BCUT2D eigenvalue weighted by molar-refractivity contribution is 0.0947. The highest BCUT2D eigenvalue weighted by Crippen LogP contribution is 2.42. The van der Waals surface area contributed by atoms with Gasteiger partial charge in [0.1, 0.15) is 5.75 Å². The van der Waals surface area contributed by atoms with Crippen LogP contribution < -0.4 is 20.1 Å². The Balaban J connectivity index is 1.76. The number of para-hydroxylation sites is 1. The van der Waals surface area contributed by atoms with Gasteiger partial charge in [0.25, 0.3) is 5.91 Å². The summed E-state index contributed by atoms with van der Waals surface area (Å²) >= 11 is 6.34. The first-order chi connectivity index (χ1) is 15.6. The van der Waals surface area contributed by atoms with Gasteiger partial charge in [0, 0.05) is 35.8 Å². The molecule has 4 aromatic rings. The molecule has 5 rings (SSSR count). The molecule has 1 aliphatic heterocycles. The van der Waals surface area contributed by atoms with Crippen molar-refractivity contribution in [3.8, 4) is 22.8 Å². The number of carbonyl (C=O) groups excluding carboxylic acids is 1. The molecule has 7 nitrogen and oxygen atoms in total. The Bertz CT molecular complexity index is 1350. The molecule has 3 N–H and O–H groups in total. The summed E-state index contributed by atoms with van der Waals surface area (Å²) in [4.78, 5) is 20.8. The highest BCUT2D eigenvalue weighted by Gasteiger charge is 2.28. The Morgan fingerprint density at radius 1 is 1.12 bits per heavy atom. The number of methoxy groups -OCH3 is 2. The number of pyridine rings is 1.